The van der Waals surface area contributed by atoms with Crippen LogP contribution >= 0.6 is 0 Å². The number of rotatable bonds is 5. The lowest BCUT2D eigenvalue weighted by Gasteiger charge is -2.36. The van der Waals surface area contributed by atoms with Gasteiger partial charge in [-0.25, -0.2) is 21.6 Å². The van der Waals surface area contributed by atoms with Gasteiger partial charge in [0.1, 0.15) is 0 Å². The van der Waals surface area contributed by atoms with E-state index in [1.165, 1.54) is 4.31 Å². The van der Waals surface area contributed by atoms with Crippen LogP contribution in [-0.4, -0.2) is 55.8 Å². The standard InChI is InChI=1S/C20H22F3N3O3S/c1-13-3-5-15(6-4-13)30(28,29)26-11-9-25(10-12-26)14(2)20(27)24-17-8-7-16(21)18(22)19(17)23/h3-8,14H,9-12H2,1-2H3,(H,24,27). The molecule has 0 saturated carbocycles. The van der Waals surface area contributed by atoms with Gasteiger partial charge < -0.3 is 5.32 Å². The molecule has 1 atom stereocenters. The fourth-order valence-electron chi connectivity index (χ4n) is 3.22. The molecule has 1 amide bonds. The summed E-state index contributed by atoms with van der Waals surface area (Å²) in [5.74, 6) is -5.07. The Labute approximate surface area is 173 Å². The molecule has 3 rings (SSSR count). The van der Waals surface area contributed by atoms with Gasteiger partial charge in [0.25, 0.3) is 0 Å². The van der Waals surface area contributed by atoms with Crippen molar-refractivity contribution in [1.29, 1.82) is 0 Å². The van der Waals surface area contributed by atoms with E-state index in [2.05, 4.69) is 5.32 Å². The highest BCUT2D eigenvalue weighted by Gasteiger charge is 2.32. The summed E-state index contributed by atoms with van der Waals surface area (Å²) in [7, 11) is -3.63. The molecule has 0 aliphatic carbocycles. The number of amides is 1. The lowest BCUT2D eigenvalue weighted by molar-refractivity contribution is -0.121. The maximum absolute atomic E-state index is 13.8. The summed E-state index contributed by atoms with van der Waals surface area (Å²) in [6.07, 6.45) is 0. The molecule has 0 aromatic heterocycles. The lowest BCUT2D eigenvalue weighted by Crippen LogP contribution is -2.53. The normalized spacial score (nSPS) is 17.0. The van der Waals surface area contributed by atoms with E-state index in [1.54, 1.807) is 36.1 Å². The molecule has 0 spiro atoms. The van der Waals surface area contributed by atoms with Gasteiger partial charge in [0.05, 0.1) is 16.6 Å². The Balaban J connectivity index is 1.62. The van der Waals surface area contributed by atoms with Crippen molar-refractivity contribution in [2.24, 2.45) is 0 Å². The van der Waals surface area contributed by atoms with Crippen LogP contribution in [0.1, 0.15) is 12.5 Å². The monoisotopic (exact) mass is 441 g/mol. The van der Waals surface area contributed by atoms with E-state index in [0.717, 1.165) is 17.7 Å². The summed E-state index contributed by atoms with van der Waals surface area (Å²) in [5.41, 5.74) is 0.502. The number of halogens is 3. The van der Waals surface area contributed by atoms with Crippen LogP contribution in [-0.2, 0) is 14.8 Å². The van der Waals surface area contributed by atoms with Crippen molar-refractivity contribution in [1.82, 2.24) is 9.21 Å². The minimum Gasteiger partial charge on any atom is -0.322 e. The topological polar surface area (TPSA) is 69.7 Å². The van der Waals surface area contributed by atoms with E-state index in [0.29, 0.717) is 13.1 Å². The number of aryl methyl sites for hydroxylation is 1. The van der Waals surface area contributed by atoms with Crippen molar-refractivity contribution in [2.75, 3.05) is 31.5 Å². The molecule has 1 fully saturated rings. The molecule has 162 valence electrons. The second-order valence-corrected chi connectivity index (χ2v) is 9.08. The van der Waals surface area contributed by atoms with E-state index in [4.69, 9.17) is 0 Å². The van der Waals surface area contributed by atoms with Gasteiger partial charge in [-0.3, -0.25) is 9.69 Å². The van der Waals surface area contributed by atoms with Crippen LogP contribution in [0.4, 0.5) is 18.9 Å². The van der Waals surface area contributed by atoms with E-state index in [-0.39, 0.29) is 18.0 Å². The van der Waals surface area contributed by atoms with Crippen molar-refractivity contribution < 1.29 is 26.4 Å². The Hall–Kier alpha value is -2.43. The zero-order valence-electron chi connectivity index (χ0n) is 16.5. The molecule has 0 bridgehead atoms. The summed E-state index contributed by atoms with van der Waals surface area (Å²) in [4.78, 5) is 14.4. The zero-order valence-corrected chi connectivity index (χ0v) is 17.3. The van der Waals surface area contributed by atoms with Crippen LogP contribution in [0.5, 0.6) is 0 Å². The number of benzene rings is 2. The number of anilines is 1. The predicted octanol–water partition coefficient (Wildman–Crippen LogP) is 2.75. The molecule has 1 aliphatic rings. The largest absolute Gasteiger partial charge is 0.322 e. The number of nitrogens with zero attached hydrogens (tertiary/aromatic N) is 2. The highest BCUT2D eigenvalue weighted by Crippen LogP contribution is 2.22. The van der Waals surface area contributed by atoms with E-state index < -0.39 is 45.1 Å². The van der Waals surface area contributed by atoms with Crippen LogP contribution in [0.3, 0.4) is 0 Å². The average molecular weight is 441 g/mol. The van der Waals surface area contributed by atoms with Gasteiger partial charge in [0.15, 0.2) is 17.5 Å². The summed E-state index contributed by atoms with van der Waals surface area (Å²) in [6, 6.07) is 7.53. The molecule has 6 nitrogen and oxygen atoms in total. The molecule has 1 saturated heterocycles. The molecule has 30 heavy (non-hydrogen) atoms. The first-order chi connectivity index (χ1) is 14.1. The third-order valence-corrected chi connectivity index (χ3v) is 7.07. The first-order valence-corrected chi connectivity index (χ1v) is 10.8. The highest BCUT2D eigenvalue weighted by atomic mass is 32.2. The van der Waals surface area contributed by atoms with Gasteiger partial charge in [-0.1, -0.05) is 17.7 Å². The van der Waals surface area contributed by atoms with E-state index in [9.17, 15) is 26.4 Å². The summed E-state index contributed by atoms with van der Waals surface area (Å²) < 4.78 is 67.0. The third kappa shape index (κ3) is 4.50. The Kier molecular flexibility index (Phi) is 6.49. The average Bonchev–Trinajstić information content (AvgIpc) is 2.74. The number of sulfonamides is 1. The molecule has 1 heterocycles. The Morgan fingerprint density at radius 1 is 0.967 bits per heavy atom. The van der Waals surface area contributed by atoms with Crippen molar-refractivity contribution in [3.8, 4) is 0 Å². The maximum Gasteiger partial charge on any atom is 0.243 e. The van der Waals surface area contributed by atoms with Crippen LogP contribution in [0, 0.1) is 24.4 Å². The highest BCUT2D eigenvalue weighted by molar-refractivity contribution is 7.89. The van der Waals surface area contributed by atoms with Crippen LogP contribution in [0.2, 0.25) is 0 Å². The molecule has 10 heteroatoms. The SMILES string of the molecule is Cc1ccc(S(=O)(=O)N2CCN(C(C)C(=O)Nc3ccc(F)c(F)c3F)CC2)cc1. The Morgan fingerprint density at radius 2 is 1.57 bits per heavy atom. The third-order valence-electron chi connectivity index (χ3n) is 5.15. The number of carbonyl (C=O) groups excluding carboxylic acids is 1. The zero-order chi connectivity index (χ0) is 22.1. The van der Waals surface area contributed by atoms with E-state index >= 15 is 0 Å². The molecule has 1 N–H and O–H groups in total. The van der Waals surface area contributed by atoms with Crippen molar-refractivity contribution in [2.45, 2.75) is 24.8 Å². The number of hydrogen-bond acceptors (Lipinski definition) is 4. The summed E-state index contributed by atoms with van der Waals surface area (Å²) in [5, 5.41) is 2.25. The molecule has 1 aliphatic heterocycles. The molecular formula is C20H22F3N3O3S. The van der Waals surface area contributed by atoms with Crippen LogP contribution in [0.25, 0.3) is 0 Å². The second kappa shape index (κ2) is 8.75. The van der Waals surface area contributed by atoms with Gasteiger partial charge in [0, 0.05) is 26.2 Å². The number of hydrogen-bond donors (Lipinski definition) is 1. The van der Waals surface area contributed by atoms with Crippen LogP contribution < -0.4 is 5.32 Å². The molecule has 2 aromatic rings. The number of nitrogens with one attached hydrogen (secondary N) is 1. The molecular weight excluding hydrogens is 419 g/mol. The van der Waals surface area contributed by atoms with Crippen LogP contribution in [0.15, 0.2) is 41.3 Å². The van der Waals surface area contributed by atoms with Gasteiger partial charge in [0.2, 0.25) is 15.9 Å². The number of carbonyl (C=O) groups is 1. The van der Waals surface area contributed by atoms with Crippen molar-refractivity contribution in [3.63, 3.8) is 0 Å². The quantitative estimate of drug-likeness (QED) is 0.725. The predicted molar refractivity (Wildman–Crippen MR) is 106 cm³/mol. The fourth-order valence-corrected chi connectivity index (χ4v) is 4.64. The Morgan fingerprint density at radius 3 is 2.17 bits per heavy atom. The van der Waals surface area contributed by atoms with Gasteiger partial charge in [-0.2, -0.15) is 4.31 Å². The minimum absolute atomic E-state index is 0.188. The number of piperazine rings is 1. The lowest BCUT2D eigenvalue weighted by atomic mass is 10.2. The first-order valence-electron chi connectivity index (χ1n) is 9.36. The summed E-state index contributed by atoms with van der Waals surface area (Å²) >= 11 is 0. The first kappa shape index (κ1) is 22.3. The molecule has 2 aromatic carbocycles. The van der Waals surface area contributed by atoms with E-state index in [1.807, 2.05) is 6.92 Å². The second-order valence-electron chi connectivity index (χ2n) is 7.14. The fraction of sp³-hybridized carbons (Fsp3) is 0.350. The van der Waals surface area contributed by atoms with Crippen molar-refractivity contribution in [3.05, 3.63) is 59.4 Å². The summed E-state index contributed by atoms with van der Waals surface area (Å²) in [6.45, 7) is 4.41. The molecule has 1 unspecified atom stereocenters. The molecule has 0 radical (unpaired) electrons. The Bertz CT molecular complexity index is 1040. The maximum atomic E-state index is 13.8. The van der Waals surface area contributed by atoms with Gasteiger partial charge >= 0.3 is 0 Å². The van der Waals surface area contributed by atoms with Gasteiger partial charge in [-0.15, -0.1) is 0 Å². The van der Waals surface area contributed by atoms with Gasteiger partial charge in [-0.05, 0) is 38.1 Å². The minimum atomic E-state index is -3.63. The van der Waals surface area contributed by atoms with Crippen molar-refractivity contribution >= 4 is 21.6 Å². The smallest absolute Gasteiger partial charge is 0.243 e.